The lowest BCUT2D eigenvalue weighted by molar-refractivity contribution is -0.138. The quantitative estimate of drug-likeness (QED) is 0.112. The number of aromatic nitrogens is 1. The lowest BCUT2D eigenvalue weighted by Gasteiger charge is -2.26. The van der Waals surface area contributed by atoms with E-state index in [1.165, 1.54) is 30.6 Å². The van der Waals surface area contributed by atoms with Crippen molar-refractivity contribution in [3.63, 3.8) is 0 Å². The second kappa shape index (κ2) is 15.3. The van der Waals surface area contributed by atoms with Crippen LogP contribution in [-0.4, -0.2) is 31.4 Å². The topological polar surface area (TPSA) is 88.4 Å². The Morgan fingerprint density at radius 1 is 0.959 bits per heavy atom. The number of carbonyl (C=O) groups excluding carboxylic acids is 1. The number of carbonyl (C=O) groups is 1. The maximum Gasteiger partial charge on any atom is 0.338 e. The average molecular weight is 903 g/mol. The first-order valence-corrected chi connectivity index (χ1v) is 18.1. The van der Waals surface area contributed by atoms with Crippen LogP contribution in [0.5, 0.6) is 17.2 Å². The van der Waals surface area contributed by atoms with Crippen LogP contribution in [0.1, 0.15) is 35.2 Å². The van der Waals surface area contributed by atoms with Gasteiger partial charge in [0.2, 0.25) is 0 Å². The van der Waals surface area contributed by atoms with Crippen LogP contribution < -0.4 is 29.1 Å². The molecule has 0 radical (unpaired) electrons. The Morgan fingerprint density at radius 3 is 2.31 bits per heavy atom. The molecule has 4 aromatic carbocycles. The van der Waals surface area contributed by atoms with Crippen molar-refractivity contribution in [2.75, 3.05) is 20.8 Å². The van der Waals surface area contributed by atoms with Crippen LogP contribution in [0, 0.1) is 13.0 Å². The lowest BCUT2D eigenvalue weighted by atomic mass is 9.93. The minimum absolute atomic E-state index is 0.147. The molecule has 0 fully saturated rings. The summed E-state index contributed by atoms with van der Waals surface area (Å²) < 4.78 is 39.8. The summed E-state index contributed by atoms with van der Waals surface area (Å²) >= 11 is 5.66. The first-order chi connectivity index (χ1) is 23.7. The molecule has 1 aliphatic heterocycles. The molecule has 0 unspecified atom stereocenters. The maximum absolute atomic E-state index is 14.4. The van der Waals surface area contributed by atoms with Gasteiger partial charge in [0.1, 0.15) is 18.2 Å². The van der Waals surface area contributed by atoms with Gasteiger partial charge in [0.25, 0.3) is 5.56 Å². The van der Waals surface area contributed by atoms with Crippen LogP contribution in [-0.2, 0) is 16.1 Å². The first-order valence-electron chi connectivity index (χ1n) is 15.1. The Morgan fingerprint density at radius 2 is 1.65 bits per heavy atom. The number of ether oxygens (including phenoxy) is 4. The molecule has 1 aromatic heterocycles. The zero-order valence-corrected chi connectivity index (χ0v) is 31.7. The van der Waals surface area contributed by atoms with E-state index in [-0.39, 0.29) is 30.2 Å². The molecule has 0 amide bonds. The molecule has 8 nitrogen and oxygen atoms in total. The molecule has 1 atom stereocenters. The van der Waals surface area contributed by atoms with E-state index in [1.54, 1.807) is 42.9 Å². The van der Waals surface area contributed by atoms with Crippen molar-refractivity contribution in [1.82, 2.24) is 4.57 Å². The summed E-state index contributed by atoms with van der Waals surface area (Å²) in [6.07, 6.45) is 1.82. The van der Waals surface area contributed by atoms with E-state index in [1.807, 2.05) is 54.6 Å². The molecule has 0 N–H and O–H groups in total. The van der Waals surface area contributed by atoms with Crippen molar-refractivity contribution in [3.05, 3.63) is 145 Å². The van der Waals surface area contributed by atoms with Gasteiger partial charge in [-0.15, -0.1) is 0 Å². The van der Waals surface area contributed by atoms with Crippen LogP contribution in [0.15, 0.2) is 100 Å². The van der Waals surface area contributed by atoms with E-state index >= 15 is 0 Å². The minimum atomic E-state index is -0.866. The van der Waals surface area contributed by atoms with Crippen molar-refractivity contribution in [2.45, 2.75) is 19.6 Å². The van der Waals surface area contributed by atoms with Gasteiger partial charge in [0, 0.05) is 5.56 Å². The monoisotopic (exact) mass is 902 g/mol. The number of hydrogen-bond acceptors (Lipinski definition) is 8. The highest BCUT2D eigenvalue weighted by molar-refractivity contribution is 14.1. The number of esters is 1. The molecule has 1 aliphatic rings. The normalized spacial score (nSPS) is 14.2. The largest absolute Gasteiger partial charge is 0.493 e. The highest BCUT2D eigenvalue weighted by atomic mass is 127. The van der Waals surface area contributed by atoms with Crippen LogP contribution in [0.2, 0.25) is 0 Å². The van der Waals surface area contributed by atoms with Crippen LogP contribution in [0.25, 0.3) is 11.8 Å². The van der Waals surface area contributed by atoms with Crippen molar-refractivity contribution in [1.29, 1.82) is 0 Å². The van der Waals surface area contributed by atoms with Crippen molar-refractivity contribution in [2.24, 2.45) is 4.99 Å². The van der Waals surface area contributed by atoms with Gasteiger partial charge in [-0.25, -0.2) is 14.2 Å². The Balaban J connectivity index is 1.50. The smallest absolute Gasteiger partial charge is 0.338 e. The third-order valence-electron chi connectivity index (χ3n) is 7.71. The van der Waals surface area contributed by atoms with Gasteiger partial charge < -0.3 is 18.9 Å². The van der Waals surface area contributed by atoms with Gasteiger partial charge in [-0.3, -0.25) is 9.36 Å². The SMILES string of the molecule is CCOC(=O)C1=C(c2ccccc2)N=c2s/c(=C\c3cc(I)c(OCc4ccc(F)cc4)c(I)c3)c(=O)n2[C@@H]1c1ccc(OC)c(OC)c1. The standard InChI is InChI=1S/C37H29FI2N2O6S/c1-4-47-36(44)31-32(23-8-6-5-7-9-23)41-37-42(33(31)24-12-15-28(45-2)29(19-24)46-3)35(43)30(49-37)18-22-16-26(39)34(27(40)17-22)48-20-21-10-13-25(38)14-11-21/h5-19,33H,4,20H2,1-3H3/b30-18-/t33-/m1/s1. The molecular formula is C37H29FI2N2O6S. The van der Waals surface area contributed by atoms with Crippen LogP contribution in [0.3, 0.4) is 0 Å². The van der Waals surface area contributed by atoms with E-state index in [0.29, 0.717) is 43.4 Å². The summed E-state index contributed by atoms with van der Waals surface area (Å²) in [5.74, 6) is 0.794. The molecule has 0 bridgehead atoms. The second-order valence-corrected chi connectivity index (χ2v) is 14.1. The molecule has 5 aromatic rings. The number of nitrogens with zero attached hydrogens (tertiary/aromatic N) is 2. The fourth-order valence-corrected chi connectivity index (χ4v) is 8.60. The molecule has 250 valence electrons. The molecule has 0 saturated heterocycles. The van der Waals surface area contributed by atoms with Crippen LogP contribution in [0.4, 0.5) is 4.39 Å². The van der Waals surface area contributed by atoms with Crippen molar-refractivity contribution in [3.8, 4) is 17.2 Å². The second-order valence-electron chi connectivity index (χ2n) is 10.8. The molecule has 6 rings (SSSR count). The number of benzene rings is 4. The molecule has 0 spiro atoms. The van der Waals surface area contributed by atoms with Gasteiger partial charge in [-0.2, -0.15) is 0 Å². The summed E-state index contributed by atoms with van der Waals surface area (Å²) in [7, 11) is 3.08. The summed E-state index contributed by atoms with van der Waals surface area (Å²) in [6, 6.07) is 23.9. The van der Waals surface area contributed by atoms with E-state index in [9.17, 15) is 14.0 Å². The Bertz CT molecular complexity index is 2230. The highest BCUT2D eigenvalue weighted by Gasteiger charge is 2.35. The van der Waals surface area contributed by atoms with Gasteiger partial charge in [0.05, 0.1) is 49.8 Å². The molecule has 2 heterocycles. The van der Waals surface area contributed by atoms with Crippen molar-refractivity contribution < 1.29 is 28.1 Å². The zero-order valence-electron chi connectivity index (χ0n) is 26.5. The summed E-state index contributed by atoms with van der Waals surface area (Å²) in [5.41, 5.74) is 3.35. The van der Waals surface area contributed by atoms with E-state index in [4.69, 9.17) is 23.9 Å². The molecule has 49 heavy (non-hydrogen) atoms. The molecule has 0 aliphatic carbocycles. The minimum Gasteiger partial charge on any atom is -0.493 e. The third kappa shape index (κ3) is 7.31. The number of hydrogen-bond donors (Lipinski definition) is 0. The average Bonchev–Trinajstić information content (AvgIpc) is 3.41. The van der Waals surface area contributed by atoms with Gasteiger partial charge in [0.15, 0.2) is 16.3 Å². The predicted molar refractivity (Wildman–Crippen MR) is 203 cm³/mol. The molecular weight excluding hydrogens is 873 g/mol. The highest BCUT2D eigenvalue weighted by Crippen LogP contribution is 2.38. The molecule has 0 saturated carbocycles. The Hall–Kier alpha value is -4.02. The Kier molecular flexibility index (Phi) is 10.8. The zero-order chi connectivity index (χ0) is 34.7. The number of methoxy groups -OCH3 is 2. The summed E-state index contributed by atoms with van der Waals surface area (Å²) in [6.45, 7) is 2.17. The lowest BCUT2D eigenvalue weighted by Crippen LogP contribution is -2.40. The molecule has 12 heteroatoms. The third-order valence-corrected chi connectivity index (χ3v) is 10.3. The first kappa shape index (κ1) is 34.8. The van der Waals surface area contributed by atoms with Crippen molar-refractivity contribution >= 4 is 74.3 Å². The van der Waals surface area contributed by atoms with E-state index < -0.39 is 12.0 Å². The summed E-state index contributed by atoms with van der Waals surface area (Å²) in [5, 5.41) is 0. The Labute approximate surface area is 312 Å². The van der Waals surface area contributed by atoms with Gasteiger partial charge in [-0.1, -0.05) is 59.9 Å². The fraction of sp³-hybridized carbons (Fsp3) is 0.162. The van der Waals surface area contributed by atoms with Gasteiger partial charge >= 0.3 is 5.97 Å². The number of rotatable bonds is 10. The number of thiazole rings is 1. The number of fused-ring (bicyclic) bond motifs is 1. The maximum atomic E-state index is 14.4. The summed E-state index contributed by atoms with van der Waals surface area (Å²) in [4.78, 5) is 33.5. The van der Waals surface area contributed by atoms with Crippen LogP contribution >= 0.6 is 56.5 Å². The van der Waals surface area contributed by atoms with E-state index in [0.717, 1.165) is 18.3 Å². The van der Waals surface area contributed by atoms with E-state index in [2.05, 4.69) is 45.2 Å². The predicted octanol–water partition coefficient (Wildman–Crippen LogP) is 6.88. The number of halogens is 3. The fourth-order valence-electron chi connectivity index (χ4n) is 5.47. The van der Waals surface area contributed by atoms with Gasteiger partial charge in [-0.05, 0) is 111 Å².